The molecule has 2 aliphatic heterocycles. The molecule has 4 rings (SSSR count). The smallest absolute Gasteiger partial charge is 0.467 e. The highest BCUT2D eigenvalue weighted by atomic mass is 19.4. The van der Waals surface area contributed by atoms with Gasteiger partial charge in [-0.15, -0.1) is 0 Å². The number of urea groups is 1. The van der Waals surface area contributed by atoms with Crippen molar-refractivity contribution in [3.8, 4) is 0 Å². The summed E-state index contributed by atoms with van der Waals surface area (Å²) >= 11 is 0. The molecule has 0 aromatic heterocycles. The van der Waals surface area contributed by atoms with Crippen molar-refractivity contribution < 1.29 is 37.0 Å². The SMILES string of the molecule is COC(=O)COC1CN(C2CCCCC2)C(=O)N1c1ccc2c(c1)CCN(C(=O)C(F)(F)F)CC2. The van der Waals surface area contributed by atoms with Crippen LogP contribution in [0.2, 0.25) is 0 Å². The van der Waals surface area contributed by atoms with E-state index in [0.29, 0.717) is 18.7 Å². The van der Waals surface area contributed by atoms with Crippen LogP contribution in [0.15, 0.2) is 18.2 Å². The Balaban J connectivity index is 1.56. The number of ether oxygens (including phenoxy) is 2. The Morgan fingerprint density at radius 2 is 1.74 bits per heavy atom. The Kier molecular flexibility index (Phi) is 7.53. The van der Waals surface area contributed by atoms with Crippen LogP contribution >= 0.6 is 0 Å². The molecule has 1 atom stereocenters. The maximum Gasteiger partial charge on any atom is 0.471 e. The number of benzene rings is 1. The third-order valence-corrected chi connectivity index (χ3v) is 7.03. The summed E-state index contributed by atoms with van der Waals surface area (Å²) in [7, 11) is 1.26. The van der Waals surface area contributed by atoms with E-state index >= 15 is 0 Å². The van der Waals surface area contributed by atoms with Crippen LogP contribution in [0.3, 0.4) is 0 Å². The lowest BCUT2D eigenvalue weighted by atomic mass is 9.94. The van der Waals surface area contributed by atoms with Gasteiger partial charge in [0.2, 0.25) is 0 Å². The van der Waals surface area contributed by atoms with Crippen molar-refractivity contribution >= 4 is 23.6 Å². The minimum Gasteiger partial charge on any atom is -0.467 e. The molecule has 192 valence electrons. The molecule has 1 aromatic rings. The first kappa shape index (κ1) is 25.3. The second-order valence-corrected chi connectivity index (χ2v) is 9.18. The molecule has 2 fully saturated rings. The number of methoxy groups -OCH3 is 1. The number of esters is 1. The fraction of sp³-hybridized carbons (Fsp3) is 0.625. The van der Waals surface area contributed by atoms with Gasteiger partial charge in [-0.2, -0.15) is 13.2 Å². The van der Waals surface area contributed by atoms with E-state index in [2.05, 4.69) is 4.74 Å². The van der Waals surface area contributed by atoms with E-state index in [1.165, 1.54) is 12.0 Å². The quantitative estimate of drug-likeness (QED) is 0.584. The molecule has 3 aliphatic rings. The van der Waals surface area contributed by atoms with E-state index in [9.17, 15) is 27.6 Å². The average Bonchev–Trinajstić information content (AvgIpc) is 3.03. The number of carbonyl (C=O) groups excluding carboxylic acids is 3. The molecular formula is C24H30F3N3O5. The zero-order chi connectivity index (χ0) is 25.2. The molecule has 11 heteroatoms. The summed E-state index contributed by atoms with van der Waals surface area (Å²) in [6, 6.07) is 5.22. The third kappa shape index (κ3) is 5.55. The van der Waals surface area contributed by atoms with Gasteiger partial charge in [-0.1, -0.05) is 25.3 Å². The molecule has 1 unspecified atom stereocenters. The molecule has 1 saturated heterocycles. The van der Waals surface area contributed by atoms with Gasteiger partial charge >= 0.3 is 24.1 Å². The lowest BCUT2D eigenvalue weighted by Crippen LogP contribution is -2.42. The Morgan fingerprint density at radius 1 is 1.06 bits per heavy atom. The van der Waals surface area contributed by atoms with Crippen molar-refractivity contribution in [2.24, 2.45) is 0 Å². The molecule has 0 bridgehead atoms. The van der Waals surface area contributed by atoms with Gasteiger partial charge in [-0.25, -0.2) is 9.59 Å². The molecule has 8 nitrogen and oxygen atoms in total. The first-order chi connectivity index (χ1) is 16.7. The number of nitrogens with zero attached hydrogens (tertiary/aromatic N) is 3. The molecule has 1 aliphatic carbocycles. The fourth-order valence-corrected chi connectivity index (χ4v) is 5.16. The van der Waals surface area contributed by atoms with Crippen LogP contribution in [0.25, 0.3) is 0 Å². The van der Waals surface area contributed by atoms with Gasteiger partial charge < -0.3 is 19.3 Å². The van der Waals surface area contributed by atoms with Crippen LogP contribution < -0.4 is 4.90 Å². The number of hydrogen-bond donors (Lipinski definition) is 0. The van der Waals surface area contributed by atoms with E-state index in [0.717, 1.165) is 48.1 Å². The predicted octanol–water partition coefficient (Wildman–Crippen LogP) is 3.27. The lowest BCUT2D eigenvalue weighted by Gasteiger charge is -2.30. The van der Waals surface area contributed by atoms with Crippen molar-refractivity contribution in [3.63, 3.8) is 0 Å². The van der Waals surface area contributed by atoms with Gasteiger partial charge in [0.1, 0.15) is 6.61 Å². The van der Waals surface area contributed by atoms with Crippen LogP contribution in [-0.4, -0.2) is 79.5 Å². The summed E-state index contributed by atoms with van der Waals surface area (Å²) in [5, 5.41) is 0. The van der Waals surface area contributed by atoms with E-state index in [4.69, 9.17) is 4.74 Å². The monoisotopic (exact) mass is 497 g/mol. The van der Waals surface area contributed by atoms with Gasteiger partial charge in [-0.05, 0) is 48.9 Å². The van der Waals surface area contributed by atoms with Crippen LogP contribution in [0.1, 0.15) is 43.2 Å². The molecule has 1 saturated carbocycles. The number of anilines is 1. The average molecular weight is 498 g/mol. The number of halogens is 3. The number of hydrogen-bond acceptors (Lipinski definition) is 5. The summed E-state index contributed by atoms with van der Waals surface area (Å²) in [6.45, 7) is -0.0682. The summed E-state index contributed by atoms with van der Waals surface area (Å²) in [5.41, 5.74) is 2.18. The molecule has 0 N–H and O–H groups in total. The van der Waals surface area contributed by atoms with E-state index < -0.39 is 24.3 Å². The van der Waals surface area contributed by atoms with Crippen LogP contribution in [0, 0.1) is 0 Å². The first-order valence-corrected chi connectivity index (χ1v) is 11.9. The maximum atomic E-state index is 13.5. The number of alkyl halides is 3. The highest BCUT2D eigenvalue weighted by Crippen LogP contribution is 2.33. The Bertz CT molecular complexity index is 964. The van der Waals surface area contributed by atoms with Crippen molar-refractivity contribution in [3.05, 3.63) is 29.3 Å². The molecule has 2 heterocycles. The molecule has 0 spiro atoms. The zero-order valence-corrected chi connectivity index (χ0v) is 19.7. The largest absolute Gasteiger partial charge is 0.471 e. The standard InChI is InChI=1S/C24H30F3N3O5/c1-34-21(31)15-35-20-14-29(18-5-3-2-4-6-18)23(33)30(20)19-8-7-16-9-11-28(12-10-17(16)13-19)22(32)24(25,26)27/h7-8,13,18,20H,2-6,9-12,14-15H2,1H3. The molecule has 35 heavy (non-hydrogen) atoms. The van der Waals surface area contributed by atoms with Crippen LogP contribution in [0.5, 0.6) is 0 Å². The third-order valence-electron chi connectivity index (χ3n) is 7.03. The fourth-order valence-electron chi connectivity index (χ4n) is 5.16. The Hall–Kier alpha value is -2.82. The van der Waals surface area contributed by atoms with E-state index in [1.54, 1.807) is 23.1 Å². The Labute approximate surface area is 201 Å². The van der Waals surface area contributed by atoms with Crippen molar-refractivity contribution in [2.45, 2.75) is 63.4 Å². The summed E-state index contributed by atoms with van der Waals surface area (Å²) in [5.74, 6) is -2.38. The topological polar surface area (TPSA) is 79.4 Å². The highest BCUT2D eigenvalue weighted by molar-refractivity contribution is 5.95. The second-order valence-electron chi connectivity index (χ2n) is 9.18. The van der Waals surface area contributed by atoms with Crippen molar-refractivity contribution in [2.75, 3.05) is 38.3 Å². The van der Waals surface area contributed by atoms with Gasteiger partial charge in [0.15, 0.2) is 6.23 Å². The number of amides is 3. The van der Waals surface area contributed by atoms with Crippen LogP contribution in [0.4, 0.5) is 23.7 Å². The van der Waals surface area contributed by atoms with Crippen molar-refractivity contribution in [1.29, 1.82) is 0 Å². The van der Waals surface area contributed by atoms with Crippen molar-refractivity contribution in [1.82, 2.24) is 9.80 Å². The van der Waals surface area contributed by atoms with E-state index in [1.807, 2.05) is 0 Å². The number of fused-ring (bicyclic) bond motifs is 1. The normalized spacial score (nSPS) is 21.7. The molecular weight excluding hydrogens is 467 g/mol. The predicted molar refractivity (Wildman–Crippen MR) is 120 cm³/mol. The number of carbonyl (C=O) groups is 3. The maximum absolute atomic E-state index is 13.5. The molecule has 3 amide bonds. The molecule has 1 aromatic carbocycles. The highest BCUT2D eigenvalue weighted by Gasteiger charge is 2.44. The molecule has 0 radical (unpaired) electrons. The first-order valence-electron chi connectivity index (χ1n) is 11.9. The number of rotatable bonds is 5. The van der Waals surface area contributed by atoms with Crippen LogP contribution in [-0.2, 0) is 31.9 Å². The zero-order valence-electron chi connectivity index (χ0n) is 19.7. The summed E-state index contributed by atoms with van der Waals surface area (Å²) in [4.78, 5) is 41.0. The minimum absolute atomic E-state index is 0.0202. The lowest BCUT2D eigenvalue weighted by molar-refractivity contribution is -0.185. The van der Waals surface area contributed by atoms with Gasteiger partial charge in [0.05, 0.1) is 13.7 Å². The Morgan fingerprint density at radius 3 is 2.40 bits per heavy atom. The van der Waals surface area contributed by atoms with Gasteiger partial charge in [0, 0.05) is 24.8 Å². The van der Waals surface area contributed by atoms with E-state index in [-0.39, 0.29) is 38.2 Å². The summed E-state index contributed by atoms with van der Waals surface area (Å²) in [6.07, 6.45) is -0.000166. The van der Waals surface area contributed by atoms with Gasteiger partial charge in [0.25, 0.3) is 0 Å². The minimum atomic E-state index is -4.91. The second kappa shape index (κ2) is 10.4. The summed E-state index contributed by atoms with van der Waals surface area (Å²) < 4.78 is 49.2. The van der Waals surface area contributed by atoms with Gasteiger partial charge in [-0.3, -0.25) is 9.69 Å².